The van der Waals surface area contributed by atoms with Crippen LogP contribution < -0.4 is 5.73 Å². The van der Waals surface area contributed by atoms with Gasteiger partial charge in [0.1, 0.15) is 5.84 Å². The molecular formula is C14H29N3O. The molecule has 0 aromatic carbocycles. The van der Waals surface area contributed by atoms with Crippen LogP contribution >= 0.6 is 0 Å². The zero-order valence-electron chi connectivity index (χ0n) is 11.8. The Hall–Kier alpha value is -0.770. The second-order valence-electron chi connectivity index (χ2n) is 5.43. The molecule has 4 nitrogen and oxygen atoms in total. The van der Waals surface area contributed by atoms with Crippen molar-refractivity contribution in [2.75, 3.05) is 19.6 Å². The van der Waals surface area contributed by atoms with Crippen molar-refractivity contribution in [1.82, 2.24) is 4.90 Å². The number of likely N-dealkylation sites (tertiary alicyclic amines) is 1. The molecule has 1 unspecified atom stereocenters. The van der Waals surface area contributed by atoms with Gasteiger partial charge in [-0.1, -0.05) is 44.2 Å². The molecule has 18 heavy (non-hydrogen) atoms. The van der Waals surface area contributed by atoms with Gasteiger partial charge in [0.05, 0.1) is 0 Å². The molecule has 0 aromatic heterocycles. The molecule has 0 bridgehead atoms. The fraction of sp³-hybridized carbons (Fsp3) is 0.929. The number of unbranched alkanes of at least 4 members (excludes halogenated alkanes) is 5. The van der Waals surface area contributed by atoms with Gasteiger partial charge in [-0.25, -0.2) is 0 Å². The van der Waals surface area contributed by atoms with Crippen molar-refractivity contribution in [2.24, 2.45) is 16.8 Å². The van der Waals surface area contributed by atoms with E-state index in [1.807, 2.05) is 0 Å². The molecule has 0 amide bonds. The normalized spacial score (nSPS) is 22.3. The van der Waals surface area contributed by atoms with E-state index in [0.29, 0.717) is 5.84 Å². The Morgan fingerprint density at radius 2 is 2.00 bits per heavy atom. The fourth-order valence-electron chi connectivity index (χ4n) is 2.70. The lowest BCUT2D eigenvalue weighted by Gasteiger charge is -2.31. The van der Waals surface area contributed by atoms with Crippen molar-refractivity contribution in [3.05, 3.63) is 0 Å². The van der Waals surface area contributed by atoms with Crippen LogP contribution in [0.4, 0.5) is 0 Å². The van der Waals surface area contributed by atoms with Gasteiger partial charge in [-0.05, 0) is 32.4 Å². The van der Waals surface area contributed by atoms with Crippen molar-refractivity contribution in [1.29, 1.82) is 0 Å². The zero-order chi connectivity index (χ0) is 13.2. The molecule has 1 rings (SSSR count). The van der Waals surface area contributed by atoms with Crippen LogP contribution in [0.3, 0.4) is 0 Å². The Bertz CT molecular complexity index is 243. The lowest BCUT2D eigenvalue weighted by Crippen LogP contribution is -2.41. The van der Waals surface area contributed by atoms with E-state index < -0.39 is 0 Å². The van der Waals surface area contributed by atoms with Crippen LogP contribution in [0.25, 0.3) is 0 Å². The van der Waals surface area contributed by atoms with Crippen molar-refractivity contribution in [3.63, 3.8) is 0 Å². The van der Waals surface area contributed by atoms with Gasteiger partial charge in [0.2, 0.25) is 0 Å². The van der Waals surface area contributed by atoms with Crippen LogP contribution in [0, 0.1) is 5.92 Å². The molecule has 1 aliphatic rings. The van der Waals surface area contributed by atoms with Crippen LogP contribution in [-0.2, 0) is 0 Å². The van der Waals surface area contributed by atoms with Crippen LogP contribution in [0.5, 0.6) is 0 Å². The molecule has 0 aromatic rings. The Morgan fingerprint density at radius 1 is 1.28 bits per heavy atom. The standard InChI is InChI=1S/C14H29N3O/c1-2-3-4-5-6-7-10-17-11-8-9-13(12-17)14(15)16-18/h13,18H,2-12H2,1H3,(H2,15,16). The Labute approximate surface area is 111 Å². The van der Waals surface area contributed by atoms with E-state index in [1.165, 1.54) is 51.6 Å². The summed E-state index contributed by atoms with van der Waals surface area (Å²) in [5.41, 5.74) is 5.69. The molecule has 1 atom stereocenters. The summed E-state index contributed by atoms with van der Waals surface area (Å²) >= 11 is 0. The van der Waals surface area contributed by atoms with Crippen LogP contribution in [0.1, 0.15) is 58.3 Å². The molecule has 0 radical (unpaired) electrons. The summed E-state index contributed by atoms with van der Waals surface area (Å²) in [6.07, 6.45) is 10.3. The van der Waals surface area contributed by atoms with Crippen molar-refractivity contribution >= 4 is 5.84 Å². The number of oxime groups is 1. The Morgan fingerprint density at radius 3 is 2.72 bits per heavy atom. The maximum Gasteiger partial charge on any atom is 0.143 e. The van der Waals surface area contributed by atoms with Gasteiger partial charge in [0.15, 0.2) is 0 Å². The van der Waals surface area contributed by atoms with E-state index >= 15 is 0 Å². The number of hydrogen-bond acceptors (Lipinski definition) is 3. The second-order valence-corrected chi connectivity index (χ2v) is 5.43. The highest BCUT2D eigenvalue weighted by Crippen LogP contribution is 2.17. The Kier molecular flexibility index (Phi) is 7.81. The minimum atomic E-state index is 0.254. The van der Waals surface area contributed by atoms with E-state index in [4.69, 9.17) is 10.9 Å². The third-order valence-electron chi connectivity index (χ3n) is 3.87. The molecule has 0 saturated carbocycles. The van der Waals surface area contributed by atoms with Gasteiger partial charge < -0.3 is 15.8 Å². The maximum atomic E-state index is 8.71. The molecule has 1 aliphatic heterocycles. The predicted molar refractivity (Wildman–Crippen MR) is 75.9 cm³/mol. The predicted octanol–water partition coefficient (Wildman–Crippen LogP) is 2.81. The van der Waals surface area contributed by atoms with Crippen molar-refractivity contribution < 1.29 is 5.21 Å². The molecule has 106 valence electrons. The summed E-state index contributed by atoms with van der Waals surface area (Å²) in [6, 6.07) is 0. The smallest absolute Gasteiger partial charge is 0.143 e. The van der Waals surface area contributed by atoms with Gasteiger partial charge in [-0.15, -0.1) is 0 Å². The SMILES string of the molecule is CCCCCCCCN1CCCC(C(N)=NO)C1. The highest BCUT2D eigenvalue weighted by molar-refractivity contribution is 5.82. The highest BCUT2D eigenvalue weighted by Gasteiger charge is 2.22. The van der Waals surface area contributed by atoms with Crippen molar-refractivity contribution in [2.45, 2.75) is 58.3 Å². The van der Waals surface area contributed by atoms with E-state index in [9.17, 15) is 0 Å². The average molecular weight is 255 g/mol. The third-order valence-corrected chi connectivity index (χ3v) is 3.87. The van der Waals surface area contributed by atoms with E-state index in [-0.39, 0.29) is 5.92 Å². The molecule has 3 N–H and O–H groups in total. The highest BCUT2D eigenvalue weighted by atomic mass is 16.4. The lowest BCUT2D eigenvalue weighted by molar-refractivity contribution is 0.196. The van der Waals surface area contributed by atoms with Gasteiger partial charge >= 0.3 is 0 Å². The zero-order valence-corrected chi connectivity index (χ0v) is 11.8. The summed E-state index contributed by atoms with van der Waals surface area (Å²) in [7, 11) is 0. The first-order valence-corrected chi connectivity index (χ1v) is 7.47. The monoisotopic (exact) mass is 255 g/mol. The summed E-state index contributed by atoms with van der Waals surface area (Å²) in [6.45, 7) is 5.55. The minimum absolute atomic E-state index is 0.254. The quantitative estimate of drug-likeness (QED) is 0.230. The Balaban J connectivity index is 2.11. The number of hydrogen-bond donors (Lipinski definition) is 2. The minimum Gasteiger partial charge on any atom is -0.409 e. The summed E-state index contributed by atoms with van der Waals surface area (Å²) in [5.74, 6) is 0.659. The summed E-state index contributed by atoms with van der Waals surface area (Å²) < 4.78 is 0. The van der Waals surface area contributed by atoms with E-state index in [1.54, 1.807) is 0 Å². The molecule has 4 heteroatoms. The van der Waals surface area contributed by atoms with E-state index in [2.05, 4.69) is 17.0 Å². The molecule has 1 fully saturated rings. The fourth-order valence-corrected chi connectivity index (χ4v) is 2.70. The number of rotatable bonds is 8. The summed E-state index contributed by atoms with van der Waals surface area (Å²) in [4.78, 5) is 2.46. The van der Waals surface area contributed by atoms with Gasteiger partial charge in [0.25, 0.3) is 0 Å². The molecule has 1 saturated heterocycles. The van der Waals surface area contributed by atoms with Crippen molar-refractivity contribution in [3.8, 4) is 0 Å². The average Bonchev–Trinajstić information content (AvgIpc) is 2.42. The first kappa shape index (κ1) is 15.3. The number of nitrogens with zero attached hydrogens (tertiary/aromatic N) is 2. The number of nitrogens with two attached hydrogens (primary N) is 1. The maximum absolute atomic E-state index is 8.71. The molecule has 0 spiro atoms. The number of amidine groups is 1. The second kappa shape index (κ2) is 9.20. The van der Waals surface area contributed by atoms with Crippen LogP contribution in [0.2, 0.25) is 0 Å². The largest absolute Gasteiger partial charge is 0.409 e. The lowest BCUT2D eigenvalue weighted by atomic mass is 9.97. The topological polar surface area (TPSA) is 61.8 Å². The van der Waals surface area contributed by atoms with Crippen LogP contribution in [0.15, 0.2) is 5.16 Å². The molecule has 1 heterocycles. The summed E-state index contributed by atoms with van der Waals surface area (Å²) in [5, 5.41) is 11.9. The third kappa shape index (κ3) is 5.71. The first-order chi connectivity index (χ1) is 8.77. The van der Waals surface area contributed by atoms with Crippen LogP contribution in [-0.4, -0.2) is 35.6 Å². The number of piperidine rings is 1. The van der Waals surface area contributed by atoms with Gasteiger partial charge in [-0.2, -0.15) is 0 Å². The molecular weight excluding hydrogens is 226 g/mol. The van der Waals surface area contributed by atoms with Gasteiger partial charge in [-0.3, -0.25) is 0 Å². The van der Waals surface area contributed by atoms with E-state index in [0.717, 1.165) is 19.4 Å². The molecule has 0 aliphatic carbocycles. The first-order valence-electron chi connectivity index (χ1n) is 7.47. The van der Waals surface area contributed by atoms with Gasteiger partial charge in [0, 0.05) is 12.5 Å².